The minimum atomic E-state index is 0.142. The Hall–Kier alpha value is -1.36. The molecule has 110 valence electrons. The van der Waals surface area contributed by atoms with Gasteiger partial charge in [-0.3, -0.25) is 4.79 Å². The molecule has 0 saturated carbocycles. The number of aryl methyl sites for hydroxylation is 1. The summed E-state index contributed by atoms with van der Waals surface area (Å²) in [4.78, 5) is 21.2. The maximum Gasteiger partial charge on any atom is 0.226 e. The third-order valence-electron chi connectivity index (χ3n) is 4.91. The van der Waals surface area contributed by atoms with E-state index in [1.165, 1.54) is 5.69 Å². The maximum absolute atomic E-state index is 12.7. The molecule has 1 fully saturated rings. The molecule has 5 nitrogen and oxygen atoms in total. The van der Waals surface area contributed by atoms with E-state index >= 15 is 0 Å². The first-order valence-corrected chi connectivity index (χ1v) is 7.59. The predicted octanol–water partition coefficient (Wildman–Crippen LogP) is 0.998. The van der Waals surface area contributed by atoms with E-state index < -0.39 is 0 Å². The number of carbonyl (C=O) groups is 1. The lowest BCUT2D eigenvalue weighted by atomic mass is 9.93. The Morgan fingerprint density at radius 2 is 2.05 bits per heavy atom. The number of hydrogen-bond acceptors (Lipinski definition) is 3. The molecule has 0 spiro atoms. The summed E-state index contributed by atoms with van der Waals surface area (Å²) in [6.45, 7) is 3.12. The van der Waals surface area contributed by atoms with E-state index in [1.807, 2.05) is 24.5 Å². The van der Waals surface area contributed by atoms with Crippen LogP contribution in [-0.4, -0.2) is 58.5 Å². The lowest BCUT2D eigenvalue weighted by Crippen LogP contribution is -2.47. The van der Waals surface area contributed by atoms with Crippen molar-refractivity contribution in [3.63, 3.8) is 0 Å². The van der Waals surface area contributed by atoms with Gasteiger partial charge in [0, 0.05) is 43.9 Å². The fraction of sp³-hybridized carbons (Fsp3) is 0.733. The Morgan fingerprint density at radius 3 is 2.80 bits per heavy atom. The van der Waals surface area contributed by atoms with Gasteiger partial charge in [0.25, 0.3) is 0 Å². The molecular formula is C15H24N4O. The molecule has 3 heterocycles. The van der Waals surface area contributed by atoms with Crippen molar-refractivity contribution in [2.45, 2.75) is 38.3 Å². The smallest absolute Gasteiger partial charge is 0.226 e. The molecule has 2 aliphatic heterocycles. The van der Waals surface area contributed by atoms with Gasteiger partial charge in [-0.05, 0) is 39.4 Å². The van der Waals surface area contributed by atoms with E-state index in [1.54, 1.807) is 0 Å². The average molecular weight is 276 g/mol. The van der Waals surface area contributed by atoms with E-state index in [-0.39, 0.29) is 5.92 Å². The number of amides is 1. The summed E-state index contributed by atoms with van der Waals surface area (Å²) >= 11 is 0. The summed E-state index contributed by atoms with van der Waals surface area (Å²) in [6, 6.07) is 0.422. The van der Waals surface area contributed by atoms with Crippen molar-refractivity contribution in [2.24, 2.45) is 5.92 Å². The number of piperidine rings is 1. The zero-order valence-corrected chi connectivity index (χ0v) is 12.5. The van der Waals surface area contributed by atoms with Crippen molar-refractivity contribution in [1.82, 2.24) is 19.4 Å². The first-order chi connectivity index (χ1) is 9.65. The van der Waals surface area contributed by atoms with Gasteiger partial charge in [0.1, 0.15) is 0 Å². The van der Waals surface area contributed by atoms with Gasteiger partial charge in [-0.25, -0.2) is 4.98 Å². The van der Waals surface area contributed by atoms with Crippen molar-refractivity contribution >= 4 is 5.91 Å². The van der Waals surface area contributed by atoms with Crippen LogP contribution in [0, 0.1) is 5.92 Å². The molecule has 3 rings (SSSR count). The monoisotopic (exact) mass is 276 g/mol. The van der Waals surface area contributed by atoms with Crippen molar-refractivity contribution < 1.29 is 4.79 Å². The van der Waals surface area contributed by atoms with Gasteiger partial charge in [-0.15, -0.1) is 0 Å². The number of carbonyl (C=O) groups excluding carboxylic acids is 1. The van der Waals surface area contributed by atoms with Crippen LogP contribution in [0.1, 0.15) is 25.0 Å². The summed E-state index contributed by atoms with van der Waals surface area (Å²) in [5, 5.41) is 0. The Balaban J connectivity index is 1.61. The standard InChI is InChI=1S/C15H24N4O/c1-17-6-4-13(5-7-17)18(2)15(20)12-3-8-19-11-16-10-14(19)9-12/h10-13H,3-9H2,1-2H3. The van der Waals surface area contributed by atoms with Gasteiger partial charge in [0.05, 0.1) is 6.33 Å². The molecule has 0 N–H and O–H groups in total. The van der Waals surface area contributed by atoms with Crippen LogP contribution in [0.5, 0.6) is 0 Å². The van der Waals surface area contributed by atoms with Crippen LogP contribution >= 0.6 is 0 Å². The molecule has 20 heavy (non-hydrogen) atoms. The SMILES string of the molecule is CN1CCC(N(C)C(=O)C2CCn3cncc3C2)CC1. The molecule has 2 aliphatic rings. The van der Waals surface area contributed by atoms with E-state index in [4.69, 9.17) is 0 Å². The Bertz CT molecular complexity index is 476. The molecule has 1 saturated heterocycles. The second-order valence-corrected chi connectivity index (χ2v) is 6.25. The second kappa shape index (κ2) is 5.56. The predicted molar refractivity (Wildman–Crippen MR) is 77.3 cm³/mol. The quantitative estimate of drug-likeness (QED) is 0.809. The van der Waals surface area contributed by atoms with Crippen LogP contribution in [0.3, 0.4) is 0 Å². The molecule has 1 aromatic rings. The Morgan fingerprint density at radius 1 is 1.30 bits per heavy atom. The fourth-order valence-corrected chi connectivity index (χ4v) is 3.43. The molecule has 0 bridgehead atoms. The maximum atomic E-state index is 12.7. The van der Waals surface area contributed by atoms with Gasteiger partial charge in [0.15, 0.2) is 0 Å². The van der Waals surface area contributed by atoms with Crippen LogP contribution < -0.4 is 0 Å². The van der Waals surface area contributed by atoms with E-state index in [9.17, 15) is 4.79 Å². The third kappa shape index (κ3) is 2.59. The van der Waals surface area contributed by atoms with E-state index in [0.29, 0.717) is 11.9 Å². The molecular weight excluding hydrogens is 252 g/mol. The number of nitrogens with zero attached hydrogens (tertiary/aromatic N) is 4. The zero-order chi connectivity index (χ0) is 14.1. The summed E-state index contributed by atoms with van der Waals surface area (Å²) in [5.74, 6) is 0.468. The largest absolute Gasteiger partial charge is 0.342 e. The van der Waals surface area contributed by atoms with Crippen LogP contribution in [0.2, 0.25) is 0 Å². The Kier molecular flexibility index (Phi) is 3.78. The molecule has 1 aromatic heterocycles. The zero-order valence-electron chi connectivity index (χ0n) is 12.5. The molecule has 1 amide bonds. The third-order valence-corrected chi connectivity index (χ3v) is 4.91. The number of aromatic nitrogens is 2. The van der Waals surface area contributed by atoms with Crippen LogP contribution in [0.4, 0.5) is 0 Å². The van der Waals surface area contributed by atoms with Gasteiger partial charge in [-0.2, -0.15) is 0 Å². The first kappa shape index (κ1) is 13.6. The van der Waals surface area contributed by atoms with Crippen molar-refractivity contribution in [1.29, 1.82) is 0 Å². The number of rotatable bonds is 2. The van der Waals surface area contributed by atoms with Crippen LogP contribution in [-0.2, 0) is 17.8 Å². The normalized spacial score (nSPS) is 24.4. The van der Waals surface area contributed by atoms with Gasteiger partial charge in [-0.1, -0.05) is 0 Å². The van der Waals surface area contributed by atoms with Gasteiger partial charge >= 0.3 is 0 Å². The summed E-state index contributed by atoms with van der Waals surface area (Å²) in [5.41, 5.74) is 1.20. The minimum Gasteiger partial charge on any atom is -0.342 e. The van der Waals surface area contributed by atoms with Gasteiger partial charge < -0.3 is 14.4 Å². The first-order valence-electron chi connectivity index (χ1n) is 7.59. The Labute approximate surface area is 120 Å². The molecule has 1 unspecified atom stereocenters. The summed E-state index contributed by atoms with van der Waals surface area (Å²) in [6.07, 6.45) is 7.76. The highest BCUT2D eigenvalue weighted by Crippen LogP contribution is 2.24. The lowest BCUT2D eigenvalue weighted by molar-refractivity contribution is -0.137. The van der Waals surface area contributed by atoms with Crippen LogP contribution in [0.25, 0.3) is 0 Å². The van der Waals surface area contributed by atoms with Crippen molar-refractivity contribution in [2.75, 3.05) is 27.2 Å². The lowest BCUT2D eigenvalue weighted by Gasteiger charge is -2.37. The van der Waals surface area contributed by atoms with Crippen molar-refractivity contribution in [3.05, 3.63) is 18.2 Å². The number of imidazole rings is 1. The van der Waals surface area contributed by atoms with E-state index in [2.05, 4.69) is 21.5 Å². The highest BCUT2D eigenvalue weighted by molar-refractivity contribution is 5.79. The van der Waals surface area contributed by atoms with E-state index in [0.717, 1.165) is 45.3 Å². The van der Waals surface area contributed by atoms with Gasteiger partial charge in [0.2, 0.25) is 5.91 Å². The second-order valence-electron chi connectivity index (χ2n) is 6.25. The average Bonchev–Trinajstić information content (AvgIpc) is 2.94. The molecule has 5 heteroatoms. The highest BCUT2D eigenvalue weighted by Gasteiger charge is 2.31. The van der Waals surface area contributed by atoms with Crippen LogP contribution in [0.15, 0.2) is 12.5 Å². The molecule has 0 radical (unpaired) electrons. The van der Waals surface area contributed by atoms with Crippen molar-refractivity contribution in [3.8, 4) is 0 Å². The molecule has 0 aromatic carbocycles. The number of fused-ring (bicyclic) bond motifs is 1. The minimum absolute atomic E-state index is 0.142. The molecule has 1 atom stereocenters. The summed E-state index contributed by atoms with van der Waals surface area (Å²) in [7, 11) is 4.14. The highest BCUT2D eigenvalue weighted by atomic mass is 16.2. The fourth-order valence-electron chi connectivity index (χ4n) is 3.43. The molecule has 0 aliphatic carbocycles. The number of hydrogen-bond donors (Lipinski definition) is 0. The topological polar surface area (TPSA) is 41.4 Å². The summed E-state index contributed by atoms with van der Waals surface area (Å²) < 4.78 is 2.17. The number of likely N-dealkylation sites (tertiary alicyclic amines) is 1.